The molecular weight excluding hydrogens is 230 g/mol. The third-order valence-electron chi connectivity index (χ3n) is 2.12. The van der Waals surface area contributed by atoms with Crippen molar-refractivity contribution in [3.05, 3.63) is 16.7 Å². The second-order valence-electron chi connectivity index (χ2n) is 3.26. The predicted octanol–water partition coefficient (Wildman–Crippen LogP) is 3.56. The molecule has 0 aliphatic carbocycles. The number of thiophene rings is 1. The van der Waals surface area contributed by atoms with Gasteiger partial charge in [-0.2, -0.15) is 0 Å². The zero-order chi connectivity index (χ0) is 10.7. The molecular formula is C10H12ClN3S. The van der Waals surface area contributed by atoms with Crippen molar-refractivity contribution in [1.29, 1.82) is 0 Å². The van der Waals surface area contributed by atoms with Gasteiger partial charge in [0.15, 0.2) is 0 Å². The van der Waals surface area contributed by atoms with E-state index in [-0.39, 0.29) is 0 Å². The van der Waals surface area contributed by atoms with Crippen LogP contribution in [0, 0.1) is 0 Å². The first-order valence-corrected chi connectivity index (χ1v) is 6.21. The number of hydrogen-bond acceptors (Lipinski definition) is 4. The fourth-order valence-corrected chi connectivity index (χ4v) is 2.33. The average Bonchev–Trinajstić information content (AvgIpc) is 2.65. The minimum Gasteiger partial charge on any atom is -0.369 e. The van der Waals surface area contributed by atoms with Gasteiger partial charge in [0.05, 0.1) is 5.39 Å². The molecule has 0 saturated heterocycles. The minimum absolute atomic E-state index is 0.309. The molecule has 0 spiro atoms. The number of fused-ring (bicyclic) bond motifs is 1. The number of nitrogens with zero attached hydrogens (tertiary/aromatic N) is 2. The molecule has 1 N–H and O–H groups in total. The molecule has 0 aliphatic rings. The van der Waals surface area contributed by atoms with Crippen LogP contribution in [0.15, 0.2) is 11.4 Å². The zero-order valence-corrected chi connectivity index (χ0v) is 10.0. The van der Waals surface area contributed by atoms with Gasteiger partial charge in [-0.05, 0) is 29.5 Å². The standard InChI is InChI=1S/C10H12ClN3S/c1-2-3-5-12-8-7-4-6-15-9(7)14-10(11)13-8/h4,6H,2-3,5H2,1H3,(H,12,13,14). The van der Waals surface area contributed by atoms with E-state index in [0.29, 0.717) is 5.28 Å². The Bertz CT molecular complexity index is 455. The van der Waals surface area contributed by atoms with E-state index in [2.05, 4.69) is 22.2 Å². The van der Waals surface area contributed by atoms with Crippen LogP contribution in [0.5, 0.6) is 0 Å². The van der Waals surface area contributed by atoms with E-state index in [1.165, 1.54) is 6.42 Å². The predicted molar refractivity (Wildman–Crippen MR) is 65.8 cm³/mol. The molecule has 2 rings (SSSR count). The maximum atomic E-state index is 5.84. The van der Waals surface area contributed by atoms with E-state index in [4.69, 9.17) is 11.6 Å². The highest BCUT2D eigenvalue weighted by molar-refractivity contribution is 7.16. The van der Waals surface area contributed by atoms with Crippen molar-refractivity contribution in [2.45, 2.75) is 19.8 Å². The van der Waals surface area contributed by atoms with Gasteiger partial charge in [-0.1, -0.05) is 13.3 Å². The fourth-order valence-electron chi connectivity index (χ4n) is 1.35. The van der Waals surface area contributed by atoms with Crippen LogP contribution in [0.3, 0.4) is 0 Å². The Morgan fingerprint density at radius 3 is 3.13 bits per heavy atom. The molecule has 2 aromatic rings. The number of unbranched alkanes of at least 4 members (excludes halogenated alkanes) is 1. The second-order valence-corrected chi connectivity index (χ2v) is 4.49. The molecule has 0 aliphatic heterocycles. The molecule has 0 radical (unpaired) electrons. The Morgan fingerprint density at radius 1 is 1.47 bits per heavy atom. The molecule has 2 heterocycles. The number of nitrogens with one attached hydrogen (secondary N) is 1. The lowest BCUT2D eigenvalue weighted by Gasteiger charge is -2.05. The molecule has 0 aromatic carbocycles. The molecule has 0 fully saturated rings. The summed E-state index contributed by atoms with van der Waals surface area (Å²) in [6.45, 7) is 3.09. The average molecular weight is 242 g/mol. The van der Waals surface area contributed by atoms with Crippen LogP contribution < -0.4 is 5.32 Å². The van der Waals surface area contributed by atoms with Gasteiger partial charge in [-0.15, -0.1) is 11.3 Å². The lowest BCUT2D eigenvalue weighted by atomic mass is 10.3. The minimum atomic E-state index is 0.309. The molecule has 0 saturated carbocycles. The topological polar surface area (TPSA) is 37.8 Å². The lowest BCUT2D eigenvalue weighted by molar-refractivity contribution is 0.831. The summed E-state index contributed by atoms with van der Waals surface area (Å²) >= 11 is 7.42. The molecule has 0 amide bonds. The molecule has 2 aromatic heterocycles. The summed E-state index contributed by atoms with van der Waals surface area (Å²) in [7, 11) is 0. The molecule has 15 heavy (non-hydrogen) atoms. The molecule has 0 bridgehead atoms. The summed E-state index contributed by atoms with van der Waals surface area (Å²) in [5.74, 6) is 0.847. The summed E-state index contributed by atoms with van der Waals surface area (Å²) in [5, 5.41) is 6.65. The van der Waals surface area contributed by atoms with Crippen molar-refractivity contribution >= 4 is 39.0 Å². The molecule has 80 valence electrons. The van der Waals surface area contributed by atoms with Crippen LogP contribution in [-0.4, -0.2) is 16.5 Å². The number of hydrogen-bond donors (Lipinski definition) is 1. The SMILES string of the molecule is CCCCNc1nc(Cl)nc2sccc12. The van der Waals surface area contributed by atoms with Crippen LogP contribution >= 0.6 is 22.9 Å². The zero-order valence-electron chi connectivity index (χ0n) is 8.46. The highest BCUT2D eigenvalue weighted by Crippen LogP contribution is 2.26. The first-order valence-electron chi connectivity index (χ1n) is 4.96. The van der Waals surface area contributed by atoms with E-state index in [9.17, 15) is 0 Å². The molecule has 3 nitrogen and oxygen atoms in total. The first kappa shape index (κ1) is 10.6. The first-order chi connectivity index (χ1) is 7.31. The van der Waals surface area contributed by atoms with Crippen LogP contribution in [0.1, 0.15) is 19.8 Å². The third-order valence-corrected chi connectivity index (χ3v) is 3.10. The van der Waals surface area contributed by atoms with Crippen molar-refractivity contribution in [3.8, 4) is 0 Å². The Morgan fingerprint density at radius 2 is 2.33 bits per heavy atom. The maximum absolute atomic E-state index is 5.84. The van der Waals surface area contributed by atoms with Crippen LogP contribution in [0.4, 0.5) is 5.82 Å². The summed E-state index contributed by atoms with van der Waals surface area (Å²) in [4.78, 5) is 9.29. The summed E-state index contributed by atoms with van der Waals surface area (Å²) in [5.41, 5.74) is 0. The van der Waals surface area contributed by atoms with Gasteiger partial charge in [0.1, 0.15) is 10.6 Å². The van der Waals surface area contributed by atoms with E-state index in [1.807, 2.05) is 11.4 Å². The Kier molecular flexibility index (Phi) is 3.38. The highest BCUT2D eigenvalue weighted by atomic mass is 35.5. The fraction of sp³-hybridized carbons (Fsp3) is 0.400. The normalized spacial score (nSPS) is 10.8. The van der Waals surface area contributed by atoms with Crippen LogP contribution in [0.2, 0.25) is 5.28 Å². The van der Waals surface area contributed by atoms with E-state index >= 15 is 0 Å². The van der Waals surface area contributed by atoms with Gasteiger partial charge in [0, 0.05) is 6.54 Å². The third kappa shape index (κ3) is 2.38. The summed E-state index contributed by atoms with van der Waals surface area (Å²) in [6, 6.07) is 2.02. The van der Waals surface area contributed by atoms with Crippen molar-refractivity contribution in [2.75, 3.05) is 11.9 Å². The summed E-state index contributed by atoms with van der Waals surface area (Å²) in [6.07, 6.45) is 2.30. The van der Waals surface area contributed by atoms with Gasteiger partial charge in [-0.25, -0.2) is 9.97 Å². The molecule has 5 heteroatoms. The molecule has 0 unspecified atom stereocenters. The maximum Gasteiger partial charge on any atom is 0.225 e. The largest absolute Gasteiger partial charge is 0.369 e. The van der Waals surface area contributed by atoms with Crippen molar-refractivity contribution in [3.63, 3.8) is 0 Å². The highest BCUT2D eigenvalue weighted by Gasteiger charge is 2.06. The second kappa shape index (κ2) is 4.77. The number of halogens is 1. The van der Waals surface area contributed by atoms with Crippen molar-refractivity contribution < 1.29 is 0 Å². The Balaban J connectivity index is 2.27. The van der Waals surface area contributed by atoms with Crippen LogP contribution in [-0.2, 0) is 0 Å². The van der Waals surface area contributed by atoms with Crippen LogP contribution in [0.25, 0.3) is 10.2 Å². The quantitative estimate of drug-likeness (QED) is 0.657. The van der Waals surface area contributed by atoms with Gasteiger partial charge in [0.2, 0.25) is 5.28 Å². The van der Waals surface area contributed by atoms with Gasteiger partial charge >= 0.3 is 0 Å². The van der Waals surface area contributed by atoms with Gasteiger partial charge < -0.3 is 5.32 Å². The van der Waals surface area contributed by atoms with E-state index < -0.39 is 0 Å². The lowest BCUT2D eigenvalue weighted by Crippen LogP contribution is -2.03. The smallest absolute Gasteiger partial charge is 0.225 e. The van der Waals surface area contributed by atoms with Crippen molar-refractivity contribution in [1.82, 2.24) is 9.97 Å². The number of anilines is 1. The monoisotopic (exact) mass is 241 g/mol. The Labute approximate surface area is 97.5 Å². The number of rotatable bonds is 4. The summed E-state index contributed by atoms with van der Waals surface area (Å²) < 4.78 is 0. The van der Waals surface area contributed by atoms with E-state index in [0.717, 1.165) is 29.0 Å². The van der Waals surface area contributed by atoms with Gasteiger partial charge in [0.25, 0.3) is 0 Å². The van der Waals surface area contributed by atoms with Gasteiger partial charge in [-0.3, -0.25) is 0 Å². The number of aromatic nitrogens is 2. The Hall–Kier alpha value is -0.870. The van der Waals surface area contributed by atoms with Crippen molar-refractivity contribution in [2.24, 2.45) is 0 Å². The molecule has 0 atom stereocenters. The van der Waals surface area contributed by atoms with E-state index in [1.54, 1.807) is 11.3 Å².